The van der Waals surface area contributed by atoms with Crippen LogP contribution < -0.4 is 10.8 Å². The highest BCUT2D eigenvalue weighted by molar-refractivity contribution is 5.94. The Hall–Kier alpha value is -2.50. The lowest BCUT2D eigenvalue weighted by Crippen LogP contribution is -2.40. The molecule has 1 amide bonds. The van der Waals surface area contributed by atoms with E-state index in [1.54, 1.807) is 6.92 Å². The average molecular weight is 374 g/mol. The molecule has 0 aliphatic heterocycles. The lowest BCUT2D eigenvalue weighted by molar-refractivity contribution is -0.159. The van der Waals surface area contributed by atoms with Gasteiger partial charge in [-0.1, -0.05) is 17.3 Å². The van der Waals surface area contributed by atoms with Gasteiger partial charge in [0.1, 0.15) is 0 Å². The number of rotatable bonds is 8. The van der Waals surface area contributed by atoms with Gasteiger partial charge in [0.25, 0.3) is 5.91 Å². The first-order valence-corrected chi connectivity index (χ1v) is 7.59. The van der Waals surface area contributed by atoms with Gasteiger partial charge < -0.3 is 14.9 Å². The number of aliphatic hydroxyl groups is 1. The van der Waals surface area contributed by atoms with Gasteiger partial charge >= 0.3 is 12.1 Å². The van der Waals surface area contributed by atoms with Crippen molar-refractivity contribution in [2.75, 3.05) is 19.8 Å². The van der Waals surface area contributed by atoms with Gasteiger partial charge in [-0.2, -0.15) is 18.2 Å². The Labute approximate surface area is 146 Å². The van der Waals surface area contributed by atoms with Gasteiger partial charge in [0.2, 0.25) is 5.82 Å². The molecule has 0 saturated carbocycles. The zero-order chi connectivity index (χ0) is 19.2. The van der Waals surface area contributed by atoms with Crippen LogP contribution in [0.4, 0.5) is 13.2 Å². The molecule has 0 aliphatic rings. The Morgan fingerprint density at radius 3 is 2.62 bits per heavy atom. The molecule has 0 radical (unpaired) electrons. The molecule has 1 unspecified atom stereocenters. The maximum atomic E-state index is 12.5. The van der Waals surface area contributed by atoms with Crippen LogP contribution in [0.25, 0.3) is 11.4 Å². The minimum absolute atomic E-state index is 0.120. The van der Waals surface area contributed by atoms with Crippen molar-refractivity contribution in [1.29, 1.82) is 0 Å². The topological polar surface area (TPSA) is 110 Å². The lowest BCUT2D eigenvalue weighted by Gasteiger charge is -2.14. The molecular formula is C15H17F3N4O4. The summed E-state index contributed by atoms with van der Waals surface area (Å²) in [7, 11) is 0. The SMILES string of the molecule is CC(CNOCCO)NC(=O)c1ccc(-c2noc(C(F)(F)F)n2)cc1. The van der Waals surface area contributed by atoms with Gasteiger partial charge in [-0.25, -0.2) is 5.48 Å². The van der Waals surface area contributed by atoms with Crippen LogP contribution in [0.1, 0.15) is 23.2 Å². The van der Waals surface area contributed by atoms with Crippen molar-refractivity contribution in [2.24, 2.45) is 0 Å². The highest BCUT2D eigenvalue weighted by Crippen LogP contribution is 2.29. The van der Waals surface area contributed by atoms with E-state index < -0.39 is 12.1 Å². The summed E-state index contributed by atoms with van der Waals surface area (Å²) in [6, 6.07) is 5.47. The second-order valence-electron chi connectivity index (χ2n) is 5.29. The van der Waals surface area contributed by atoms with Crippen molar-refractivity contribution in [1.82, 2.24) is 20.9 Å². The van der Waals surface area contributed by atoms with Crippen LogP contribution >= 0.6 is 0 Å². The van der Waals surface area contributed by atoms with E-state index in [4.69, 9.17) is 9.94 Å². The molecule has 2 rings (SSSR count). The molecule has 8 nitrogen and oxygen atoms in total. The Kier molecular flexibility index (Phi) is 6.66. The summed E-state index contributed by atoms with van der Waals surface area (Å²) in [5.74, 6) is -2.01. The number of benzene rings is 1. The van der Waals surface area contributed by atoms with Crippen LogP contribution in [0.3, 0.4) is 0 Å². The first-order valence-electron chi connectivity index (χ1n) is 7.59. The number of aliphatic hydroxyl groups excluding tert-OH is 1. The third-order valence-corrected chi connectivity index (χ3v) is 3.14. The van der Waals surface area contributed by atoms with Gasteiger partial charge in [-0.15, -0.1) is 0 Å². The molecule has 0 spiro atoms. The molecule has 3 N–H and O–H groups in total. The number of carbonyl (C=O) groups excluding carboxylic acids is 1. The molecule has 0 saturated heterocycles. The summed E-state index contributed by atoms with van der Waals surface area (Å²) < 4.78 is 41.6. The number of nitrogens with zero attached hydrogens (tertiary/aromatic N) is 2. The highest BCUT2D eigenvalue weighted by atomic mass is 19.4. The second kappa shape index (κ2) is 8.74. The number of amides is 1. The Balaban J connectivity index is 1.94. The zero-order valence-corrected chi connectivity index (χ0v) is 13.7. The van der Waals surface area contributed by atoms with Gasteiger partial charge in [-0.05, 0) is 19.1 Å². The molecule has 142 valence electrons. The van der Waals surface area contributed by atoms with Crippen molar-refractivity contribution >= 4 is 5.91 Å². The van der Waals surface area contributed by atoms with Crippen LogP contribution in [-0.4, -0.2) is 47.0 Å². The predicted octanol–water partition coefficient (Wildman–Crippen LogP) is 1.39. The Bertz CT molecular complexity index is 718. The molecule has 2 aromatic rings. The lowest BCUT2D eigenvalue weighted by atomic mass is 10.1. The minimum atomic E-state index is -4.71. The van der Waals surface area contributed by atoms with Gasteiger partial charge in [-0.3, -0.25) is 9.63 Å². The molecule has 0 bridgehead atoms. The van der Waals surface area contributed by atoms with Crippen molar-refractivity contribution in [2.45, 2.75) is 19.1 Å². The maximum Gasteiger partial charge on any atom is 0.471 e. The molecule has 1 aromatic carbocycles. The fraction of sp³-hybridized carbons (Fsp3) is 0.400. The molecule has 26 heavy (non-hydrogen) atoms. The number of hydroxylamine groups is 1. The predicted molar refractivity (Wildman–Crippen MR) is 82.7 cm³/mol. The standard InChI is InChI=1S/C15H17F3N4O4/c1-9(8-19-25-7-6-23)20-13(24)11-4-2-10(3-5-11)12-21-14(26-22-12)15(16,17)18/h2-5,9,19,23H,6-8H2,1H3,(H,20,24). The second-order valence-corrected chi connectivity index (χ2v) is 5.29. The molecule has 0 fully saturated rings. The summed E-state index contributed by atoms with van der Waals surface area (Å²) in [6.45, 7) is 2.09. The quantitative estimate of drug-likeness (QED) is 0.473. The number of halogens is 3. The van der Waals surface area contributed by atoms with Crippen LogP contribution in [0.15, 0.2) is 28.8 Å². The van der Waals surface area contributed by atoms with E-state index in [1.807, 2.05) is 0 Å². The van der Waals surface area contributed by atoms with E-state index in [0.29, 0.717) is 12.1 Å². The summed E-state index contributed by atoms with van der Waals surface area (Å²) in [6.07, 6.45) is -4.71. The van der Waals surface area contributed by atoms with Crippen molar-refractivity contribution in [3.05, 3.63) is 35.7 Å². The number of carbonyl (C=O) groups is 1. The Morgan fingerprint density at radius 1 is 1.35 bits per heavy atom. The van der Waals surface area contributed by atoms with E-state index in [1.165, 1.54) is 24.3 Å². The first-order chi connectivity index (χ1) is 12.3. The highest BCUT2D eigenvalue weighted by Gasteiger charge is 2.38. The van der Waals surface area contributed by atoms with Crippen molar-refractivity contribution in [3.63, 3.8) is 0 Å². The van der Waals surface area contributed by atoms with Crippen LogP contribution in [-0.2, 0) is 11.0 Å². The summed E-state index contributed by atoms with van der Waals surface area (Å²) in [5.41, 5.74) is 3.20. The smallest absolute Gasteiger partial charge is 0.394 e. The molecule has 0 aliphatic carbocycles. The largest absolute Gasteiger partial charge is 0.471 e. The van der Waals surface area contributed by atoms with Gasteiger partial charge in [0.05, 0.1) is 13.2 Å². The monoisotopic (exact) mass is 374 g/mol. The fourth-order valence-corrected chi connectivity index (χ4v) is 1.89. The molecule has 11 heteroatoms. The molecule has 1 heterocycles. The van der Waals surface area contributed by atoms with E-state index in [0.717, 1.165) is 0 Å². The summed E-state index contributed by atoms with van der Waals surface area (Å²) >= 11 is 0. The fourth-order valence-electron chi connectivity index (χ4n) is 1.89. The zero-order valence-electron chi connectivity index (χ0n) is 13.7. The van der Waals surface area contributed by atoms with E-state index >= 15 is 0 Å². The number of hydrogen-bond donors (Lipinski definition) is 3. The molecular weight excluding hydrogens is 357 g/mol. The van der Waals surface area contributed by atoms with E-state index in [2.05, 4.69) is 25.5 Å². The maximum absolute atomic E-state index is 12.5. The van der Waals surface area contributed by atoms with Gasteiger partial charge in [0.15, 0.2) is 0 Å². The van der Waals surface area contributed by atoms with Crippen molar-refractivity contribution < 1.29 is 32.4 Å². The third-order valence-electron chi connectivity index (χ3n) is 3.14. The minimum Gasteiger partial charge on any atom is -0.394 e. The van der Waals surface area contributed by atoms with Crippen LogP contribution in [0.2, 0.25) is 0 Å². The molecule has 1 atom stereocenters. The number of nitrogens with one attached hydrogen (secondary N) is 2. The van der Waals surface area contributed by atoms with E-state index in [9.17, 15) is 18.0 Å². The number of hydrogen-bond acceptors (Lipinski definition) is 7. The normalized spacial score (nSPS) is 12.8. The van der Waals surface area contributed by atoms with Gasteiger partial charge in [0, 0.05) is 23.7 Å². The first kappa shape index (κ1) is 19.8. The van der Waals surface area contributed by atoms with Crippen LogP contribution in [0, 0.1) is 0 Å². The van der Waals surface area contributed by atoms with Crippen molar-refractivity contribution in [3.8, 4) is 11.4 Å². The molecule has 1 aromatic heterocycles. The number of aromatic nitrogens is 2. The average Bonchev–Trinajstić information content (AvgIpc) is 3.09. The van der Waals surface area contributed by atoms with E-state index in [-0.39, 0.29) is 36.6 Å². The number of alkyl halides is 3. The summed E-state index contributed by atoms with van der Waals surface area (Å²) in [5, 5.41) is 14.6. The van der Waals surface area contributed by atoms with Crippen LogP contribution in [0.5, 0.6) is 0 Å². The summed E-state index contributed by atoms with van der Waals surface area (Å²) in [4.78, 5) is 20.3. The third kappa shape index (κ3) is 5.51. The Morgan fingerprint density at radius 2 is 2.04 bits per heavy atom.